The number of halogens is 1. The van der Waals surface area contributed by atoms with Gasteiger partial charge in [-0.25, -0.2) is 4.98 Å². The van der Waals surface area contributed by atoms with Gasteiger partial charge in [-0.3, -0.25) is 9.59 Å². The molecular formula is C25H27ClN6O4. The molecular weight excluding hydrogens is 484 g/mol. The van der Waals surface area contributed by atoms with Gasteiger partial charge in [0.05, 0.1) is 16.7 Å². The molecule has 36 heavy (non-hydrogen) atoms. The molecule has 11 heteroatoms. The molecule has 1 aliphatic heterocycles. The Balaban J connectivity index is 1.64. The number of rotatable bonds is 6. The van der Waals surface area contributed by atoms with E-state index in [1.807, 2.05) is 18.7 Å². The van der Waals surface area contributed by atoms with E-state index in [-0.39, 0.29) is 35.1 Å². The van der Waals surface area contributed by atoms with Crippen LogP contribution < -0.4 is 25.8 Å². The number of nitriles is 1. The molecule has 1 fully saturated rings. The minimum atomic E-state index is -0.441. The zero-order valence-corrected chi connectivity index (χ0v) is 20.9. The second kappa shape index (κ2) is 10.4. The smallest absolute Gasteiger partial charge is 0.290 e. The number of likely N-dealkylation sites (N-methyl/N-ethyl adjacent to an activating group) is 1. The van der Waals surface area contributed by atoms with Gasteiger partial charge >= 0.3 is 0 Å². The summed E-state index contributed by atoms with van der Waals surface area (Å²) >= 11 is 6.46. The summed E-state index contributed by atoms with van der Waals surface area (Å²) < 4.78 is 5.34. The van der Waals surface area contributed by atoms with Gasteiger partial charge in [-0.05, 0) is 42.2 Å². The minimum Gasteiger partial charge on any atom is -0.478 e. The average molecular weight is 511 g/mol. The third-order valence-corrected chi connectivity index (χ3v) is 6.56. The number of aromatic amines is 1. The Morgan fingerprint density at radius 3 is 2.69 bits per heavy atom. The molecule has 2 unspecified atom stereocenters. The van der Waals surface area contributed by atoms with E-state index >= 15 is 0 Å². The van der Waals surface area contributed by atoms with Gasteiger partial charge in [0.15, 0.2) is 18.2 Å². The van der Waals surface area contributed by atoms with Crippen molar-refractivity contribution in [3.05, 3.63) is 51.3 Å². The van der Waals surface area contributed by atoms with E-state index in [9.17, 15) is 20.0 Å². The van der Waals surface area contributed by atoms with Gasteiger partial charge in [-0.2, -0.15) is 5.26 Å². The fourth-order valence-electron chi connectivity index (χ4n) is 4.33. The van der Waals surface area contributed by atoms with Crippen molar-refractivity contribution in [1.82, 2.24) is 15.3 Å². The maximum Gasteiger partial charge on any atom is 0.290 e. The predicted molar refractivity (Wildman–Crippen MR) is 138 cm³/mol. The normalized spacial score (nSPS) is 19.6. The molecule has 1 amide bonds. The van der Waals surface area contributed by atoms with E-state index in [1.165, 1.54) is 7.05 Å². The van der Waals surface area contributed by atoms with Gasteiger partial charge in [0, 0.05) is 36.7 Å². The fourth-order valence-corrected chi connectivity index (χ4v) is 4.53. The van der Waals surface area contributed by atoms with Crippen LogP contribution in [0, 0.1) is 23.2 Å². The molecule has 0 aliphatic carbocycles. The summed E-state index contributed by atoms with van der Waals surface area (Å²) in [6.45, 7) is 4.80. The summed E-state index contributed by atoms with van der Waals surface area (Å²) in [5.41, 5.74) is 1.15. The Hall–Kier alpha value is -3.81. The van der Waals surface area contributed by atoms with Gasteiger partial charge in [0.2, 0.25) is 0 Å². The van der Waals surface area contributed by atoms with Crippen LogP contribution in [0.1, 0.15) is 19.4 Å². The molecule has 2 aromatic heterocycles. The number of benzene rings is 1. The maximum atomic E-state index is 12.3. The number of aliphatic hydroxyl groups is 1. The molecule has 0 spiro atoms. The average Bonchev–Trinajstić information content (AvgIpc) is 2.86. The molecule has 4 N–H and O–H groups in total. The number of piperidine rings is 1. The van der Waals surface area contributed by atoms with E-state index in [1.54, 1.807) is 30.3 Å². The Bertz CT molecular complexity index is 1390. The van der Waals surface area contributed by atoms with Crippen LogP contribution in [0.2, 0.25) is 5.02 Å². The Labute approximate surface area is 212 Å². The summed E-state index contributed by atoms with van der Waals surface area (Å²) in [4.78, 5) is 33.2. The van der Waals surface area contributed by atoms with Crippen molar-refractivity contribution in [3.8, 4) is 11.8 Å². The van der Waals surface area contributed by atoms with Crippen LogP contribution >= 0.6 is 11.6 Å². The highest BCUT2D eigenvalue weighted by Crippen LogP contribution is 2.33. The van der Waals surface area contributed by atoms with Gasteiger partial charge in [-0.1, -0.05) is 25.4 Å². The van der Waals surface area contributed by atoms with Crippen molar-refractivity contribution in [2.75, 3.05) is 37.0 Å². The van der Waals surface area contributed by atoms with Crippen LogP contribution in [0.15, 0.2) is 35.1 Å². The summed E-state index contributed by atoms with van der Waals surface area (Å²) in [6.07, 6.45) is -0.411. The Morgan fingerprint density at radius 1 is 1.31 bits per heavy atom. The fraction of sp³-hybridized carbons (Fsp3) is 0.360. The van der Waals surface area contributed by atoms with E-state index in [4.69, 9.17) is 16.3 Å². The lowest BCUT2D eigenvalue weighted by atomic mass is 9.88. The zero-order chi connectivity index (χ0) is 26.0. The van der Waals surface area contributed by atoms with Crippen molar-refractivity contribution in [2.24, 2.45) is 11.8 Å². The number of nitrogens with zero attached hydrogens (tertiary/aromatic N) is 3. The van der Waals surface area contributed by atoms with E-state index in [0.717, 1.165) is 0 Å². The lowest BCUT2D eigenvalue weighted by molar-refractivity contribution is -0.122. The summed E-state index contributed by atoms with van der Waals surface area (Å²) in [7, 11) is 1.48. The number of carbonyl (C=O) groups is 1. The van der Waals surface area contributed by atoms with E-state index in [0.29, 0.717) is 46.9 Å². The highest BCUT2D eigenvalue weighted by molar-refractivity contribution is 6.33. The number of pyridine rings is 2. The standard InChI is InChI=1S/C25H27ClN6O4/c1-13-10-32(11-14(2)22(13)34)24-16(9-27)7-18(26)23(31-24)29-17-4-5-19-15(6-17)8-20(25(35)30-19)36-12-21(33)28-3/h4-8,13-14,22,34H,10-12H2,1-3H3,(H,28,33)(H,29,31)(H,30,35). The summed E-state index contributed by atoms with van der Waals surface area (Å²) in [5.74, 6) is 0.597. The first kappa shape index (κ1) is 25.3. The largest absolute Gasteiger partial charge is 0.478 e. The molecule has 3 heterocycles. The van der Waals surface area contributed by atoms with Crippen molar-refractivity contribution >= 4 is 45.7 Å². The third-order valence-electron chi connectivity index (χ3n) is 6.27. The van der Waals surface area contributed by atoms with E-state index in [2.05, 4.69) is 26.7 Å². The van der Waals surface area contributed by atoms with Crippen LogP contribution in [0.25, 0.3) is 10.9 Å². The number of H-pyrrole nitrogens is 1. The first-order valence-corrected chi connectivity index (χ1v) is 11.9. The second-order valence-electron chi connectivity index (χ2n) is 9.00. The third kappa shape index (κ3) is 5.22. The monoisotopic (exact) mass is 510 g/mol. The molecule has 0 bridgehead atoms. The number of ether oxygens (including phenoxy) is 1. The lowest BCUT2D eigenvalue weighted by Crippen LogP contribution is -2.48. The van der Waals surface area contributed by atoms with Crippen LogP contribution in [0.3, 0.4) is 0 Å². The second-order valence-corrected chi connectivity index (χ2v) is 9.41. The number of aliphatic hydroxyl groups excluding tert-OH is 1. The number of amides is 1. The van der Waals surface area contributed by atoms with Gasteiger partial charge in [-0.15, -0.1) is 0 Å². The van der Waals surface area contributed by atoms with Crippen LogP contribution in [0.4, 0.5) is 17.3 Å². The zero-order valence-electron chi connectivity index (χ0n) is 20.1. The number of hydrogen-bond acceptors (Lipinski definition) is 8. The van der Waals surface area contributed by atoms with Gasteiger partial charge in [0.25, 0.3) is 11.5 Å². The van der Waals surface area contributed by atoms with Crippen molar-refractivity contribution < 1.29 is 14.6 Å². The van der Waals surface area contributed by atoms with E-state index < -0.39 is 11.7 Å². The highest BCUT2D eigenvalue weighted by atomic mass is 35.5. The molecule has 4 rings (SSSR count). The molecule has 1 saturated heterocycles. The molecule has 10 nitrogen and oxygen atoms in total. The highest BCUT2D eigenvalue weighted by Gasteiger charge is 2.32. The first-order valence-electron chi connectivity index (χ1n) is 11.5. The minimum absolute atomic E-state index is 0.0237. The van der Waals surface area contributed by atoms with Crippen molar-refractivity contribution in [3.63, 3.8) is 0 Å². The molecule has 3 aromatic rings. The van der Waals surface area contributed by atoms with Crippen molar-refractivity contribution in [1.29, 1.82) is 5.26 Å². The molecule has 0 saturated carbocycles. The number of fused-ring (bicyclic) bond motifs is 1. The van der Waals surface area contributed by atoms with Gasteiger partial charge < -0.3 is 30.4 Å². The molecule has 1 aliphatic rings. The lowest BCUT2D eigenvalue weighted by Gasteiger charge is -2.39. The first-order chi connectivity index (χ1) is 17.2. The Kier molecular flexibility index (Phi) is 7.33. The SMILES string of the molecule is CNC(=O)COc1cc2cc(Nc3nc(N4CC(C)C(O)C(C)C4)c(C#N)cc3Cl)ccc2[nH]c1=O. The van der Waals surface area contributed by atoms with Crippen LogP contribution in [-0.2, 0) is 4.79 Å². The number of anilines is 3. The molecule has 0 radical (unpaired) electrons. The number of nitrogens with one attached hydrogen (secondary N) is 3. The van der Waals surface area contributed by atoms with Crippen molar-refractivity contribution in [2.45, 2.75) is 20.0 Å². The topological polar surface area (TPSA) is 143 Å². The molecule has 1 aromatic carbocycles. The van der Waals surface area contributed by atoms with Gasteiger partial charge in [0.1, 0.15) is 11.9 Å². The predicted octanol–water partition coefficient (Wildman–Crippen LogP) is 2.77. The quantitative estimate of drug-likeness (QED) is 0.396. The molecule has 2 atom stereocenters. The maximum absolute atomic E-state index is 12.3. The summed E-state index contributed by atoms with van der Waals surface area (Å²) in [5, 5.41) is 26.6. The summed E-state index contributed by atoms with van der Waals surface area (Å²) in [6, 6.07) is 10.6. The molecule has 188 valence electrons. The van der Waals surface area contributed by atoms with Crippen LogP contribution in [-0.4, -0.2) is 53.8 Å². The Morgan fingerprint density at radius 2 is 2.03 bits per heavy atom. The number of carbonyl (C=O) groups excluding carboxylic acids is 1. The number of hydrogen-bond donors (Lipinski definition) is 4. The number of aromatic nitrogens is 2. The van der Waals surface area contributed by atoms with Crippen LogP contribution in [0.5, 0.6) is 5.75 Å².